The Hall–Kier alpha value is -0.760. The second-order valence-corrected chi connectivity index (χ2v) is 5.63. The van der Waals surface area contributed by atoms with Crippen LogP contribution < -0.4 is 10.6 Å². The Morgan fingerprint density at radius 3 is 2.43 bits per heavy atom. The molecule has 5 nitrogen and oxygen atoms in total. The molecule has 1 aromatic rings. The molecule has 0 aliphatic heterocycles. The minimum Gasteiger partial charge on any atom is -0.378 e. The van der Waals surface area contributed by atoms with E-state index in [0.717, 1.165) is 45.2 Å². The molecule has 1 unspecified atom stereocenters. The van der Waals surface area contributed by atoms with Gasteiger partial charge >= 0.3 is 0 Å². The van der Waals surface area contributed by atoms with Crippen molar-refractivity contribution in [1.29, 1.82) is 0 Å². The Bertz CT molecular complexity index is 407. The summed E-state index contributed by atoms with van der Waals surface area (Å²) in [6.45, 7) is 12.7. The van der Waals surface area contributed by atoms with Gasteiger partial charge in [0.05, 0.1) is 6.10 Å². The van der Waals surface area contributed by atoms with Gasteiger partial charge in [-0.2, -0.15) is 0 Å². The van der Waals surface area contributed by atoms with Crippen molar-refractivity contribution < 1.29 is 4.74 Å². The number of guanidine groups is 1. The van der Waals surface area contributed by atoms with Gasteiger partial charge in [0.25, 0.3) is 0 Å². The molecule has 0 aliphatic rings. The molecule has 6 heteroatoms. The molecule has 0 bridgehead atoms. The van der Waals surface area contributed by atoms with E-state index in [9.17, 15) is 0 Å². The predicted molar refractivity (Wildman–Crippen MR) is 109 cm³/mol. The summed E-state index contributed by atoms with van der Waals surface area (Å²) < 4.78 is 7.92. The highest BCUT2D eigenvalue weighted by molar-refractivity contribution is 14.0. The molecule has 0 saturated carbocycles. The van der Waals surface area contributed by atoms with E-state index < -0.39 is 0 Å². The van der Waals surface area contributed by atoms with Crippen molar-refractivity contribution in [1.82, 2.24) is 15.2 Å². The van der Waals surface area contributed by atoms with Crippen LogP contribution in [0.1, 0.15) is 34.1 Å². The molecular weight excluding hydrogens is 403 g/mol. The first-order valence-electron chi connectivity index (χ1n) is 8.41. The maximum atomic E-state index is 5.76. The van der Waals surface area contributed by atoms with Crippen LogP contribution in [0.3, 0.4) is 0 Å². The molecule has 23 heavy (non-hydrogen) atoms. The zero-order valence-corrected chi connectivity index (χ0v) is 17.2. The van der Waals surface area contributed by atoms with Crippen LogP contribution in [0.25, 0.3) is 0 Å². The van der Waals surface area contributed by atoms with Crippen molar-refractivity contribution >= 4 is 29.9 Å². The minimum atomic E-state index is 0. The monoisotopic (exact) mass is 436 g/mol. The number of aliphatic imine (C=N–C) groups is 1. The number of aromatic nitrogens is 1. The second-order valence-electron chi connectivity index (χ2n) is 5.63. The zero-order chi connectivity index (χ0) is 16.2. The normalized spacial score (nSPS) is 12.8. The molecule has 1 atom stereocenters. The van der Waals surface area contributed by atoms with E-state index in [1.165, 1.54) is 0 Å². The predicted octanol–water partition coefficient (Wildman–Crippen LogP) is 3.11. The van der Waals surface area contributed by atoms with Crippen molar-refractivity contribution in [3.63, 3.8) is 0 Å². The zero-order valence-electron chi connectivity index (χ0n) is 14.9. The maximum Gasteiger partial charge on any atom is 0.191 e. The summed E-state index contributed by atoms with van der Waals surface area (Å²) >= 11 is 0. The van der Waals surface area contributed by atoms with Crippen molar-refractivity contribution in [3.8, 4) is 0 Å². The average molecular weight is 436 g/mol. The molecule has 134 valence electrons. The Balaban J connectivity index is 0.00000484. The van der Waals surface area contributed by atoms with Gasteiger partial charge in [-0.25, -0.2) is 0 Å². The lowest BCUT2D eigenvalue weighted by Gasteiger charge is -2.20. The van der Waals surface area contributed by atoms with Gasteiger partial charge in [0.2, 0.25) is 0 Å². The Kier molecular flexibility index (Phi) is 13.2. The third-order valence-electron chi connectivity index (χ3n) is 3.48. The molecule has 0 aromatic carbocycles. The van der Waals surface area contributed by atoms with Gasteiger partial charge in [-0.1, -0.05) is 13.8 Å². The molecule has 0 saturated heterocycles. The molecule has 1 heterocycles. The lowest BCUT2D eigenvalue weighted by molar-refractivity contribution is 0.0266. The first-order valence-corrected chi connectivity index (χ1v) is 8.41. The summed E-state index contributed by atoms with van der Waals surface area (Å²) in [6, 6.07) is 4.08. The van der Waals surface area contributed by atoms with Crippen LogP contribution in [0.5, 0.6) is 0 Å². The first-order chi connectivity index (χ1) is 10.7. The lowest BCUT2D eigenvalue weighted by Crippen LogP contribution is -2.39. The van der Waals surface area contributed by atoms with E-state index in [1.54, 1.807) is 0 Å². The smallest absolute Gasteiger partial charge is 0.191 e. The molecule has 2 N–H and O–H groups in total. The highest BCUT2D eigenvalue weighted by Crippen LogP contribution is 2.10. The van der Waals surface area contributed by atoms with Crippen molar-refractivity contribution in [2.75, 3.05) is 26.2 Å². The van der Waals surface area contributed by atoms with Gasteiger partial charge in [0.1, 0.15) is 0 Å². The van der Waals surface area contributed by atoms with Gasteiger partial charge in [-0.05, 0) is 38.3 Å². The van der Waals surface area contributed by atoms with Gasteiger partial charge in [0, 0.05) is 45.2 Å². The summed E-state index contributed by atoms with van der Waals surface area (Å²) in [6.07, 6.45) is 5.39. The Morgan fingerprint density at radius 1 is 1.17 bits per heavy atom. The summed E-state index contributed by atoms with van der Waals surface area (Å²) in [7, 11) is 0. The first kappa shape index (κ1) is 22.2. The quantitative estimate of drug-likeness (QED) is 0.337. The van der Waals surface area contributed by atoms with Crippen LogP contribution in [-0.2, 0) is 11.3 Å². The van der Waals surface area contributed by atoms with Crippen LogP contribution in [-0.4, -0.2) is 42.9 Å². The fourth-order valence-electron chi connectivity index (χ4n) is 2.29. The summed E-state index contributed by atoms with van der Waals surface area (Å²) in [5.74, 6) is 1.41. The van der Waals surface area contributed by atoms with Crippen LogP contribution in [0.2, 0.25) is 0 Å². The molecule has 0 spiro atoms. The maximum absolute atomic E-state index is 5.76. The number of hydrogen-bond acceptors (Lipinski definition) is 2. The van der Waals surface area contributed by atoms with Gasteiger partial charge in [-0.15, -0.1) is 24.0 Å². The topological polar surface area (TPSA) is 50.6 Å². The Labute approximate surface area is 158 Å². The highest BCUT2D eigenvalue weighted by Gasteiger charge is 2.12. The number of nitrogens with zero attached hydrogens (tertiary/aromatic N) is 2. The third-order valence-corrected chi connectivity index (χ3v) is 3.48. The summed E-state index contributed by atoms with van der Waals surface area (Å²) in [5, 5.41) is 6.66. The molecule has 0 fully saturated rings. The van der Waals surface area contributed by atoms with Crippen molar-refractivity contribution in [2.45, 2.75) is 46.8 Å². The van der Waals surface area contributed by atoms with Crippen LogP contribution >= 0.6 is 24.0 Å². The fraction of sp³-hybridized carbons (Fsp3) is 0.706. The van der Waals surface area contributed by atoms with Crippen LogP contribution in [0, 0.1) is 5.92 Å². The summed E-state index contributed by atoms with van der Waals surface area (Å²) in [5.41, 5.74) is 0. The molecule has 1 aromatic heterocycles. The molecule has 0 aliphatic carbocycles. The number of rotatable bonds is 10. The number of nitrogens with one attached hydrogen (secondary N) is 2. The van der Waals surface area contributed by atoms with E-state index in [4.69, 9.17) is 4.74 Å². The molecule has 1 rings (SSSR count). The highest BCUT2D eigenvalue weighted by atomic mass is 127. The lowest BCUT2D eigenvalue weighted by atomic mass is 10.0. The van der Waals surface area contributed by atoms with Crippen LogP contribution in [0.15, 0.2) is 29.5 Å². The van der Waals surface area contributed by atoms with Gasteiger partial charge in [0.15, 0.2) is 5.96 Å². The molecule has 0 amide bonds. The second kappa shape index (κ2) is 13.7. The van der Waals surface area contributed by atoms with E-state index in [-0.39, 0.29) is 30.1 Å². The van der Waals surface area contributed by atoms with E-state index >= 15 is 0 Å². The average Bonchev–Trinajstić information content (AvgIpc) is 2.99. The fourth-order valence-corrected chi connectivity index (χ4v) is 2.29. The number of halogens is 1. The van der Waals surface area contributed by atoms with Gasteiger partial charge in [-0.3, -0.25) is 4.99 Å². The largest absolute Gasteiger partial charge is 0.378 e. The summed E-state index contributed by atoms with van der Waals surface area (Å²) in [4.78, 5) is 4.64. The van der Waals surface area contributed by atoms with E-state index in [1.807, 2.05) is 19.1 Å². The standard InChI is InChI=1S/C17H32N4O.HI/c1-5-18-17(20-11-14-21-12-7-8-13-21)19-10-9-16(15(3)4)22-6-2;/h7-8,12-13,15-16H,5-6,9-11,14H2,1-4H3,(H2,18,19,20);1H. The molecular formula is C17H33IN4O. The van der Waals surface area contributed by atoms with Crippen molar-refractivity contribution in [3.05, 3.63) is 24.5 Å². The molecule has 0 radical (unpaired) electrons. The van der Waals surface area contributed by atoms with Crippen LogP contribution in [0.4, 0.5) is 0 Å². The van der Waals surface area contributed by atoms with Gasteiger partial charge < -0.3 is 19.9 Å². The third kappa shape index (κ3) is 9.86. The number of hydrogen-bond donors (Lipinski definition) is 2. The SMILES string of the molecule is CCNC(=NCCC(OCC)C(C)C)NCCn1cccc1.I. The minimum absolute atomic E-state index is 0. The van der Waals surface area contributed by atoms with E-state index in [2.05, 4.69) is 53.4 Å². The van der Waals surface area contributed by atoms with Crippen molar-refractivity contribution in [2.24, 2.45) is 10.9 Å². The number of ether oxygens (including phenoxy) is 1. The Morgan fingerprint density at radius 2 is 1.87 bits per heavy atom. The van der Waals surface area contributed by atoms with E-state index in [0.29, 0.717) is 5.92 Å².